The van der Waals surface area contributed by atoms with Gasteiger partial charge < -0.3 is 19.5 Å². The Morgan fingerprint density at radius 1 is 0.963 bits per heavy atom. The number of methoxy groups -OCH3 is 1. The summed E-state index contributed by atoms with van der Waals surface area (Å²) in [6.07, 6.45) is 0.0404. The minimum absolute atomic E-state index is 0.0404. The molecule has 0 aromatic heterocycles. The number of benzene rings is 2. The van der Waals surface area contributed by atoms with Crippen molar-refractivity contribution < 1.29 is 19.4 Å². The Hall–Kier alpha value is -2.73. The molecule has 3 rings (SSSR count). The molecule has 1 saturated heterocycles. The van der Waals surface area contributed by atoms with Crippen LogP contribution in [0.4, 0.5) is 5.69 Å². The van der Waals surface area contributed by atoms with Crippen molar-refractivity contribution in [3.8, 4) is 11.5 Å². The van der Waals surface area contributed by atoms with Gasteiger partial charge in [0.1, 0.15) is 18.1 Å². The molecule has 1 aliphatic rings. The third kappa shape index (κ3) is 5.62. The predicted octanol–water partition coefficient (Wildman–Crippen LogP) is 2.52. The first kappa shape index (κ1) is 19.0. The minimum atomic E-state index is -0.822. The fraction of sp³-hybridized carbons (Fsp3) is 0.381. The molecule has 0 saturated carbocycles. The molecule has 6 heteroatoms. The molecule has 6 nitrogen and oxygen atoms in total. The van der Waals surface area contributed by atoms with E-state index >= 15 is 0 Å². The highest BCUT2D eigenvalue weighted by Gasteiger charge is 2.17. The Kier molecular flexibility index (Phi) is 6.54. The first-order valence-electron chi connectivity index (χ1n) is 9.19. The van der Waals surface area contributed by atoms with Crippen molar-refractivity contribution in [2.24, 2.45) is 0 Å². The molecular formula is C21H26N2O4. The molecule has 1 fully saturated rings. The fourth-order valence-electron chi connectivity index (χ4n) is 3.19. The van der Waals surface area contributed by atoms with Crippen molar-refractivity contribution in [2.75, 3.05) is 51.3 Å². The molecule has 2 aromatic carbocycles. The Bertz CT molecular complexity index is 723. The number of rotatable bonds is 8. The van der Waals surface area contributed by atoms with Gasteiger partial charge in [-0.25, -0.2) is 0 Å². The molecule has 27 heavy (non-hydrogen) atoms. The lowest BCUT2D eigenvalue weighted by molar-refractivity contribution is -0.136. The zero-order valence-electron chi connectivity index (χ0n) is 15.6. The number of ether oxygens (including phenoxy) is 2. The van der Waals surface area contributed by atoms with E-state index in [2.05, 4.69) is 21.9 Å². The molecule has 0 unspecified atom stereocenters. The van der Waals surface area contributed by atoms with Crippen molar-refractivity contribution in [1.82, 2.24) is 4.90 Å². The van der Waals surface area contributed by atoms with E-state index in [4.69, 9.17) is 14.6 Å². The summed E-state index contributed by atoms with van der Waals surface area (Å²) in [7, 11) is 1.68. The number of aliphatic carboxylic acids is 1. The maximum absolute atomic E-state index is 10.7. The SMILES string of the molecule is COc1ccc(N2CCN(CCOc3ccc(CC(=O)O)cc3)CC2)cc1. The Morgan fingerprint density at radius 2 is 1.59 bits per heavy atom. The zero-order valence-corrected chi connectivity index (χ0v) is 15.6. The number of nitrogens with zero attached hydrogens (tertiary/aromatic N) is 2. The second-order valence-corrected chi connectivity index (χ2v) is 6.59. The molecule has 0 amide bonds. The van der Waals surface area contributed by atoms with Crippen LogP contribution < -0.4 is 14.4 Å². The topological polar surface area (TPSA) is 62.2 Å². The van der Waals surface area contributed by atoms with Gasteiger partial charge in [0.25, 0.3) is 0 Å². The summed E-state index contributed by atoms with van der Waals surface area (Å²) in [4.78, 5) is 15.5. The van der Waals surface area contributed by atoms with E-state index < -0.39 is 5.97 Å². The lowest BCUT2D eigenvalue weighted by Crippen LogP contribution is -2.47. The summed E-state index contributed by atoms with van der Waals surface area (Å²) in [5, 5.41) is 8.79. The lowest BCUT2D eigenvalue weighted by atomic mass is 10.1. The van der Waals surface area contributed by atoms with Crippen LogP contribution >= 0.6 is 0 Å². The summed E-state index contributed by atoms with van der Waals surface area (Å²) in [5.41, 5.74) is 2.01. The minimum Gasteiger partial charge on any atom is -0.497 e. The monoisotopic (exact) mass is 370 g/mol. The van der Waals surface area contributed by atoms with Crippen LogP contribution in [0.2, 0.25) is 0 Å². The Balaban J connectivity index is 1.38. The first-order chi connectivity index (χ1) is 13.1. The van der Waals surface area contributed by atoms with E-state index in [-0.39, 0.29) is 6.42 Å². The van der Waals surface area contributed by atoms with E-state index in [0.29, 0.717) is 6.61 Å². The number of hydrogen-bond acceptors (Lipinski definition) is 5. The molecule has 0 bridgehead atoms. The van der Waals surface area contributed by atoms with Crippen LogP contribution in [0, 0.1) is 0 Å². The molecule has 2 aromatic rings. The largest absolute Gasteiger partial charge is 0.497 e. The van der Waals surface area contributed by atoms with Crippen molar-refractivity contribution in [3.63, 3.8) is 0 Å². The zero-order chi connectivity index (χ0) is 19.1. The van der Waals surface area contributed by atoms with Crippen molar-refractivity contribution in [3.05, 3.63) is 54.1 Å². The maximum atomic E-state index is 10.7. The quantitative estimate of drug-likeness (QED) is 0.770. The van der Waals surface area contributed by atoms with E-state index in [1.807, 2.05) is 24.3 Å². The average Bonchev–Trinajstić information content (AvgIpc) is 2.69. The standard InChI is InChI=1S/C21H26N2O4/c1-26-19-8-4-18(5-9-19)23-12-10-22(11-13-23)14-15-27-20-6-2-17(3-7-20)16-21(24)25/h2-9H,10-16H2,1H3,(H,24,25). The summed E-state index contributed by atoms with van der Waals surface area (Å²) in [6, 6.07) is 15.5. The lowest BCUT2D eigenvalue weighted by Gasteiger charge is -2.36. The van der Waals surface area contributed by atoms with Crippen molar-refractivity contribution in [1.29, 1.82) is 0 Å². The van der Waals surface area contributed by atoms with E-state index in [9.17, 15) is 4.79 Å². The average molecular weight is 370 g/mol. The third-order valence-electron chi connectivity index (χ3n) is 4.76. The number of carboxylic acids is 1. The van der Waals surface area contributed by atoms with Gasteiger partial charge in [0.2, 0.25) is 0 Å². The Labute approximate surface area is 159 Å². The van der Waals surface area contributed by atoms with Gasteiger partial charge in [-0.2, -0.15) is 0 Å². The predicted molar refractivity (Wildman–Crippen MR) is 105 cm³/mol. The van der Waals surface area contributed by atoms with Gasteiger partial charge in [-0.05, 0) is 42.0 Å². The normalized spacial score (nSPS) is 14.8. The van der Waals surface area contributed by atoms with Crippen LogP contribution in [0.1, 0.15) is 5.56 Å². The van der Waals surface area contributed by atoms with Gasteiger partial charge in [-0.1, -0.05) is 12.1 Å². The molecule has 1 heterocycles. The Morgan fingerprint density at radius 3 is 2.19 bits per heavy atom. The summed E-state index contributed by atoms with van der Waals surface area (Å²) >= 11 is 0. The van der Waals surface area contributed by atoms with E-state index in [0.717, 1.165) is 49.8 Å². The highest BCUT2D eigenvalue weighted by Crippen LogP contribution is 2.20. The molecule has 0 aliphatic carbocycles. The van der Waals surface area contributed by atoms with Crippen LogP contribution in [0.5, 0.6) is 11.5 Å². The molecule has 1 aliphatic heterocycles. The molecule has 0 radical (unpaired) electrons. The third-order valence-corrected chi connectivity index (χ3v) is 4.76. The van der Waals surface area contributed by atoms with Gasteiger partial charge in [-0.3, -0.25) is 9.69 Å². The van der Waals surface area contributed by atoms with Crippen LogP contribution in [-0.2, 0) is 11.2 Å². The van der Waals surface area contributed by atoms with Crippen molar-refractivity contribution in [2.45, 2.75) is 6.42 Å². The van der Waals surface area contributed by atoms with E-state index in [1.54, 1.807) is 19.2 Å². The van der Waals surface area contributed by atoms with Crippen molar-refractivity contribution >= 4 is 11.7 Å². The molecule has 1 N–H and O–H groups in total. The maximum Gasteiger partial charge on any atom is 0.307 e. The van der Waals surface area contributed by atoms with Gasteiger partial charge >= 0.3 is 5.97 Å². The summed E-state index contributed by atoms with van der Waals surface area (Å²) < 4.78 is 11.0. The number of anilines is 1. The first-order valence-corrected chi connectivity index (χ1v) is 9.19. The van der Waals surface area contributed by atoms with Gasteiger partial charge in [0.15, 0.2) is 0 Å². The molecule has 0 spiro atoms. The summed E-state index contributed by atoms with van der Waals surface area (Å²) in [6.45, 7) is 5.51. The number of piperazine rings is 1. The number of carboxylic acid groups (broad SMARTS) is 1. The van der Waals surface area contributed by atoms with Crippen LogP contribution in [0.3, 0.4) is 0 Å². The number of hydrogen-bond donors (Lipinski definition) is 1. The van der Waals surface area contributed by atoms with E-state index in [1.165, 1.54) is 5.69 Å². The molecular weight excluding hydrogens is 344 g/mol. The van der Waals surface area contributed by atoms with Crippen LogP contribution in [0.15, 0.2) is 48.5 Å². The van der Waals surface area contributed by atoms with Gasteiger partial charge in [-0.15, -0.1) is 0 Å². The van der Waals surface area contributed by atoms with Gasteiger partial charge in [0.05, 0.1) is 13.5 Å². The molecule has 0 atom stereocenters. The highest BCUT2D eigenvalue weighted by atomic mass is 16.5. The second kappa shape index (κ2) is 9.28. The fourth-order valence-corrected chi connectivity index (χ4v) is 3.19. The molecule has 144 valence electrons. The summed E-state index contributed by atoms with van der Waals surface area (Å²) in [5.74, 6) is 0.837. The smallest absolute Gasteiger partial charge is 0.307 e. The number of carbonyl (C=O) groups is 1. The van der Waals surface area contributed by atoms with Crippen LogP contribution in [0.25, 0.3) is 0 Å². The second-order valence-electron chi connectivity index (χ2n) is 6.59. The van der Waals surface area contributed by atoms with Crippen LogP contribution in [-0.4, -0.2) is 62.4 Å². The van der Waals surface area contributed by atoms with Gasteiger partial charge in [0, 0.05) is 38.4 Å². The highest BCUT2D eigenvalue weighted by molar-refractivity contribution is 5.70.